The van der Waals surface area contributed by atoms with Gasteiger partial charge in [-0.15, -0.1) is 0 Å². The van der Waals surface area contributed by atoms with Crippen LogP contribution >= 0.6 is 0 Å². The fourth-order valence-corrected chi connectivity index (χ4v) is 1.94. The van der Waals surface area contributed by atoms with Crippen LogP contribution in [0.25, 0.3) is 0 Å². The highest BCUT2D eigenvalue weighted by molar-refractivity contribution is 5.37. The van der Waals surface area contributed by atoms with E-state index in [0.717, 1.165) is 25.8 Å². The van der Waals surface area contributed by atoms with Crippen LogP contribution in [0.1, 0.15) is 23.7 Å². The Bertz CT molecular complexity index is 464. The van der Waals surface area contributed by atoms with Crippen LogP contribution in [0.5, 0.6) is 0 Å². The average molecular weight is 289 g/mol. The highest BCUT2D eigenvalue weighted by Gasteiger charge is 2.42. The topological polar surface area (TPSA) is 55.3 Å². The minimum absolute atomic E-state index is 0.000900. The first kappa shape index (κ1) is 14.7. The summed E-state index contributed by atoms with van der Waals surface area (Å²) in [5, 5.41) is 0. The maximum atomic E-state index is 12.9. The van der Waals surface area contributed by atoms with Gasteiger partial charge in [0.05, 0.1) is 11.4 Å². The van der Waals surface area contributed by atoms with Crippen LogP contribution in [0.15, 0.2) is 12.4 Å². The molecule has 1 aromatic rings. The van der Waals surface area contributed by atoms with Gasteiger partial charge in [-0.3, -0.25) is 9.69 Å². The van der Waals surface area contributed by atoms with E-state index in [1.54, 1.807) is 0 Å². The largest absolute Gasteiger partial charge is 0.467 e. The van der Waals surface area contributed by atoms with E-state index in [0.29, 0.717) is 12.2 Å². The molecule has 0 aliphatic carbocycles. The van der Waals surface area contributed by atoms with Gasteiger partial charge in [-0.1, -0.05) is 0 Å². The lowest BCUT2D eigenvalue weighted by Crippen LogP contribution is -2.36. The maximum Gasteiger partial charge on any atom is 0.400 e. The zero-order chi connectivity index (χ0) is 14.6. The second-order valence-corrected chi connectivity index (χ2v) is 4.59. The number of nitrogens with zero attached hydrogens (tertiary/aromatic N) is 3. The molecule has 0 aromatic carbocycles. The molecule has 1 saturated heterocycles. The van der Waals surface area contributed by atoms with Gasteiger partial charge < -0.3 is 4.74 Å². The van der Waals surface area contributed by atoms with Crippen molar-refractivity contribution in [3.05, 3.63) is 23.8 Å². The summed E-state index contributed by atoms with van der Waals surface area (Å²) < 4.78 is 43.1. The van der Waals surface area contributed by atoms with Crippen molar-refractivity contribution >= 4 is 6.47 Å². The first-order chi connectivity index (χ1) is 9.50. The first-order valence-corrected chi connectivity index (χ1v) is 6.16. The standard InChI is InChI=1S/C12H14F3N3O2/c13-12(14,15)10(6-20-8-19)11-4-9(16-7-17-11)5-18-2-1-3-18/h4,7-8,10H,1-3,5-6H2. The van der Waals surface area contributed by atoms with Crippen molar-refractivity contribution in [3.63, 3.8) is 0 Å². The molecule has 8 heteroatoms. The van der Waals surface area contributed by atoms with Crippen molar-refractivity contribution in [1.29, 1.82) is 0 Å². The van der Waals surface area contributed by atoms with Crippen LogP contribution in [0.4, 0.5) is 13.2 Å². The second-order valence-electron chi connectivity index (χ2n) is 4.59. The molecule has 1 aliphatic rings. The van der Waals surface area contributed by atoms with E-state index < -0.39 is 18.7 Å². The smallest absolute Gasteiger partial charge is 0.400 e. The minimum atomic E-state index is -4.52. The van der Waals surface area contributed by atoms with E-state index >= 15 is 0 Å². The van der Waals surface area contributed by atoms with Crippen LogP contribution in [0.2, 0.25) is 0 Å². The summed E-state index contributed by atoms with van der Waals surface area (Å²) in [5.41, 5.74) is 0.361. The van der Waals surface area contributed by atoms with Gasteiger partial charge in [0, 0.05) is 6.54 Å². The normalized spacial score (nSPS) is 17.4. The van der Waals surface area contributed by atoms with Gasteiger partial charge in [-0.25, -0.2) is 9.97 Å². The van der Waals surface area contributed by atoms with Gasteiger partial charge in [-0.2, -0.15) is 13.2 Å². The third kappa shape index (κ3) is 3.66. The molecule has 0 saturated carbocycles. The molecule has 0 bridgehead atoms. The number of carbonyl (C=O) groups is 1. The van der Waals surface area contributed by atoms with E-state index in [2.05, 4.69) is 19.6 Å². The summed E-state index contributed by atoms with van der Waals surface area (Å²) >= 11 is 0. The Morgan fingerprint density at radius 2 is 2.15 bits per heavy atom. The van der Waals surface area contributed by atoms with Crippen molar-refractivity contribution in [2.24, 2.45) is 0 Å². The molecule has 1 aliphatic heterocycles. The number of likely N-dealkylation sites (tertiary alicyclic amines) is 1. The monoisotopic (exact) mass is 289 g/mol. The molecular weight excluding hydrogens is 275 g/mol. The van der Waals surface area contributed by atoms with Crippen molar-refractivity contribution < 1.29 is 22.7 Å². The molecule has 0 N–H and O–H groups in total. The van der Waals surface area contributed by atoms with E-state index in [1.807, 2.05) is 0 Å². The molecular formula is C12H14F3N3O2. The number of carbonyl (C=O) groups excluding carboxylic acids is 1. The van der Waals surface area contributed by atoms with E-state index in [9.17, 15) is 18.0 Å². The Morgan fingerprint density at radius 3 is 2.70 bits per heavy atom. The fraction of sp³-hybridized carbons (Fsp3) is 0.583. The molecule has 2 heterocycles. The molecule has 20 heavy (non-hydrogen) atoms. The van der Waals surface area contributed by atoms with E-state index in [1.165, 1.54) is 6.07 Å². The summed E-state index contributed by atoms with van der Waals surface area (Å²) in [4.78, 5) is 19.8. The van der Waals surface area contributed by atoms with E-state index in [4.69, 9.17) is 0 Å². The minimum Gasteiger partial charge on any atom is -0.467 e. The molecule has 110 valence electrons. The summed E-state index contributed by atoms with van der Waals surface area (Å²) in [6, 6.07) is 1.32. The Hall–Kier alpha value is -1.70. The summed E-state index contributed by atoms with van der Waals surface area (Å²) in [5.74, 6) is -1.93. The molecule has 1 unspecified atom stereocenters. The summed E-state index contributed by atoms with van der Waals surface area (Å²) in [7, 11) is 0. The third-order valence-corrected chi connectivity index (χ3v) is 3.16. The molecule has 1 atom stereocenters. The number of halogens is 3. The Kier molecular flexibility index (Phi) is 4.53. The van der Waals surface area contributed by atoms with Gasteiger partial charge in [0.1, 0.15) is 18.9 Å². The summed E-state index contributed by atoms with van der Waals surface area (Å²) in [6.07, 6.45) is -2.31. The maximum absolute atomic E-state index is 12.9. The van der Waals surface area contributed by atoms with Gasteiger partial charge in [0.25, 0.3) is 6.47 Å². The van der Waals surface area contributed by atoms with E-state index in [-0.39, 0.29) is 12.2 Å². The van der Waals surface area contributed by atoms with Crippen LogP contribution < -0.4 is 0 Å². The van der Waals surface area contributed by atoms with Crippen molar-refractivity contribution in [1.82, 2.24) is 14.9 Å². The molecule has 0 radical (unpaired) electrons. The van der Waals surface area contributed by atoms with Crippen LogP contribution in [0, 0.1) is 0 Å². The lowest BCUT2D eigenvalue weighted by Gasteiger charge is -2.30. The molecule has 5 nitrogen and oxygen atoms in total. The van der Waals surface area contributed by atoms with Crippen molar-refractivity contribution in [2.45, 2.75) is 25.1 Å². The highest BCUT2D eigenvalue weighted by atomic mass is 19.4. The Morgan fingerprint density at radius 1 is 1.40 bits per heavy atom. The zero-order valence-electron chi connectivity index (χ0n) is 10.6. The summed E-state index contributed by atoms with van der Waals surface area (Å²) in [6.45, 7) is 1.59. The number of hydrogen-bond donors (Lipinski definition) is 0. The van der Waals surface area contributed by atoms with Gasteiger partial charge in [-0.05, 0) is 25.6 Å². The number of alkyl halides is 3. The van der Waals surface area contributed by atoms with Crippen LogP contribution in [-0.4, -0.2) is 47.2 Å². The lowest BCUT2D eigenvalue weighted by atomic mass is 10.0. The third-order valence-electron chi connectivity index (χ3n) is 3.16. The van der Waals surface area contributed by atoms with Crippen LogP contribution in [0.3, 0.4) is 0 Å². The second kappa shape index (κ2) is 6.17. The SMILES string of the molecule is O=COCC(c1cc(CN2CCC2)ncn1)C(F)(F)F. The molecule has 1 fully saturated rings. The molecule has 2 rings (SSSR count). The van der Waals surface area contributed by atoms with Gasteiger partial charge in [0.2, 0.25) is 0 Å². The number of ether oxygens (including phenoxy) is 1. The Balaban J connectivity index is 2.14. The van der Waals surface area contributed by atoms with Gasteiger partial charge in [0.15, 0.2) is 0 Å². The number of rotatable bonds is 6. The molecule has 0 amide bonds. The van der Waals surface area contributed by atoms with Crippen molar-refractivity contribution in [3.8, 4) is 0 Å². The predicted octanol–water partition coefficient (Wildman–Crippen LogP) is 1.50. The fourth-order valence-electron chi connectivity index (χ4n) is 1.94. The quantitative estimate of drug-likeness (QED) is 0.743. The lowest BCUT2D eigenvalue weighted by molar-refractivity contribution is -0.165. The number of aromatic nitrogens is 2. The first-order valence-electron chi connectivity index (χ1n) is 6.16. The molecule has 0 spiro atoms. The predicted molar refractivity (Wildman–Crippen MR) is 62.7 cm³/mol. The van der Waals surface area contributed by atoms with Gasteiger partial charge >= 0.3 is 6.18 Å². The average Bonchev–Trinajstić information content (AvgIpc) is 2.33. The Labute approximate surface area is 113 Å². The zero-order valence-corrected chi connectivity index (χ0v) is 10.6. The van der Waals surface area contributed by atoms with Crippen molar-refractivity contribution in [2.75, 3.05) is 19.7 Å². The molecule has 1 aromatic heterocycles. The number of hydrogen-bond acceptors (Lipinski definition) is 5. The highest BCUT2D eigenvalue weighted by Crippen LogP contribution is 2.34. The van der Waals surface area contributed by atoms with Crippen LogP contribution in [-0.2, 0) is 16.1 Å².